The lowest BCUT2D eigenvalue weighted by atomic mass is 9.91. The third-order valence-corrected chi connectivity index (χ3v) is 2.62. The lowest BCUT2D eigenvalue weighted by Crippen LogP contribution is -2.37. The van der Waals surface area contributed by atoms with Crippen LogP contribution < -0.4 is 5.73 Å². The molecular formula is C11H15FN2O2. The monoisotopic (exact) mass is 226 g/mol. The Balaban J connectivity index is 2.94. The normalized spacial score (nSPS) is 14.5. The Labute approximate surface area is 93.4 Å². The molecule has 0 radical (unpaired) electrons. The number of benzene rings is 1. The summed E-state index contributed by atoms with van der Waals surface area (Å²) in [4.78, 5) is 9.68. The van der Waals surface area contributed by atoms with Gasteiger partial charge in [-0.1, -0.05) is 13.0 Å². The Hall–Kier alpha value is -1.49. The molecule has 0 aliphatic carbocycles. The third-order valence-electron chi connectivity index (χ3n) is 2.62. The van der Waals surface area contributed by atoms with Gasteiger partial charge in [0.2, 0.25) is 5.82 Å². The highest BCUT2D eigenvalue weighted by Crippen LogP contribution is 2.21. The molecule has 1 rings (SSSR count). The van der Waals surface area contributed by atoms with E-state index in [0.717, 1.165) is 6.42 Å². The zero-order valence-electron chi connectivity index (χ0n) is 9.37. The molecule has 16 heavy (non-hydrogen) atoms. The van der Waals surface area contributed by atoms with Crippen LogP contribution in [0.2, 0.25) is 0 Å². The Morgan fingerprint density at radius 2 is 2.19 bits per heavy atom. The highest BCUT2D eigenvalue weighted by molar-refractivity contribution is 5.35. The third kappa shape index (κ3) is 3.00. The van der Waals surface area contributed by atoms with Gasteiger partial charge in [0.05, 0.1) is 4.92 Å². The van der Waals surface area contributed by atoms with E-state index in [0.29, 0.717) is 12.0 Å². The van der Waals surface area contributed by atoms with Crippen molar-refractivity contribution in [2.45, 2.75) is 32.2 Å². The number of rotatable bonds is 4. The molecule has 0 aliphatic heterocycles. The number of nitro groups is 1. The molecular weight excluding hydrogens is 211 g/mol. The van der Waals surface area contributed by atoms with E-state index in [1.54, 1.807) is 6.07 Å². The highest BCUT2D eigenvalue weighted by atomic mass is 19.1. The standard InChI is InChI=1S/C11H15FN2O2/c1-3-11(2,13)7-8-4-5-10(14(15)16)9(12)6-8/h4-6H,3,7,13H2,1-2H3. The maximum Gasteiger partial charge on any atom is 0.304 e. The molecule has 0 fully saturated rings. The summed E-state index contributed by atoms with van der Waals surface area (Å²) < 4.78 is 13.3. The van der Waals surface area contributed by atoms with Crippen molar-refractivity contribution in [3.63, 3.8) is 0 Å². The number of nitro benzene ring substituents is 1. The van der Waals surface area contributed by atoms with Crippen LogP contribution in [-0.2, 0) is 6.42 Å². The molecule has 4 nitrogen and oxygen atoms in total. The Morgan fingerprint density at radius 1 is 1.56 bits per heavy atom. The molecule has 2 N–H and O–H groups in total. The second-order valence-electron chi connectivity index (χ2n) is 4.23. The quantitative estimate of drug-likeness (QED) is 0.633. The van der Waals surface area contributed by atoms with Crippen molar-refractivity contribution in [2.24, 2.45) is 5.73 Å². The molecule has 1 atom stereocenters. The summed E-state index contributed by atoms with van der Waals surface area (Å²) >= 11 is 0. The van der Waals surface area contributed by atoms with E-state index in [1.807, 2.05) is 13.8 Å². The lowest BCUT2D eigenvalue weighted by Gasteiger charge is -2.22. The van der Waals surface area contributed by atoms with Gasteiger partial charge < -0.3 is 5.73 Å². The van der Waals surface area contributed by atoms with Crippen LogP contribution in [0.25, 0.3) is 0 Å². The minimum atomic E-state index is -0.811. The predicted molar refractivity (Wildman–Crippen MR) is 59.6 cm³/mol. The minimum absolute atomic E-state index is 0.414. The van der Waals surface area contributed by atoms with Gasteiger partial charge in [-0.15, -0.1) is 0 Å². The molecule has 0 aromatic heterocycles. The first-order valence-corrected chi connectivity index (χ1v) is 5.07. The van der Waals surface area contributed by atoms with Crippen LogP contribution in [-0.4, -0.2) is 10.5 Å². The summed E-state index contributed by atoms with van der Waals surface area (Å²) in [6.45, 7) is 3.81. The molecule has 5 heteroatoms. The molecule has 0 spiro atoms. The van der Waals surface area contributed by atoms with E-state index in [2.05, 4.69) is 0 Å². The van der Waals surface area contributed by atoms with Crippen molar-refractivity contribution >= 4 is 5.69 Å². The summed E-state index contributed by atoms with van der Waals surface area (Å²) in [5.41, 5.74) is 5.70. The summed E-state index contributed by atoms with van der Waals surface area (Å²) in [6.07, 6.45) is 1.25. The lowest BCUT2D eigenvalue weighted by molar-refractivity contribution is -0.387. The summed E-state index contributed by atoms with van der Waals surface area (Å²) in [7, 11) is 0. The maximum atomic E-state index is 13.3. The topological polar surface area (TPSA) is 69.2 Å². The van der Waals surface area contributed by atoms with Crippen LogP contribution in [0.3, 0.4) is 0 Å². The fraction of sp³-hybridized carbons (Fsp3) is 0.455. The molecule has 0 heterocycles. The Morgan fingerprint density at radius 3 is 2.62 bits per heavy atom. The maximum absolute atomic E-state index is 13.3. The second kappa shape index (κ2) is 4.57. The number of hydrogen-bond donors (Lipinski definition) is 1. The van der Waals surface area contributed by atoms with Crippen LogP contribution in [0.5, 0.6) is 0 Å². The van der Waals surface area contributed by atoms with Crippen molar-refractivity contribution in [2.75, 3.05) is 0 Å². The first-order valence-electron chi connectivity index (χ1n) is 5.07. The van der Waals surface area contributed by atoms with Gasteiger partial charge in [-0.25, -0.2) is 0 Å². The van der Waals surface area contributed by atoms with Gasteiger partial charge in [0.25, 0.3) is 0 Å². The zero-order chi connectivity index (χ0) is 12.3. The largest absolute Gasteiger partial charge is 0.325 e. The smallest absolute Gasteiger partial charge is 0.304 e. The zero-order valence-corrected chi connectivity index (χ0v) is 9.37. The van der Waals surface area contributed by atoms with E-state index >= 15 is 0 Å². The Kier molecular flexibility index (Phi) is 3.59. The fourth-order valence-electron chi connectivity index (χ4n) is 1.40. The van der Waals surface area contributed by atoms with Crippen LogP contribution >= 0.6 is 0 Å². The van der Waals surface area contributed by atoms with Gasteiger partial charge in [-0.2, -0.15) is 4.39 Å². The number of halogens is 1. The van der Waals surface area contributed by atoms with Gasteiger partial charge in [0.15, 0.2) is 0 Å². The molecule has 88 valence electrons. The minimum Gasteiger partial charge on any atom is -0.325 e. The molecule has 0 saturated heterocycles. The first-order chi connectivity index (χ1) is 7.35. The number of nitrogens with two attached hydrogens (primary N) is 1. The molecule has 0 amide bonds. The summed E-state index contributed by atoms with van der Waals surface area (Å²) in [5, 5.41) is 10.4. The summed E-state index contributed by atoms with van der Waals surface area (Å²) in [6, 6.07) is 3.90. The van der Waals surface area contributed by atoms with Crippen LogP contribution in [0.1, 0.15) is 25.8 Å². The van der Waals surface area contributed by atoms with Gasteiger partial charge >= 0.3 is 5.69 Å². The van der Waals surface area contributed by atoms with E-state index in [-0.39, 0.29) is 0 Å². The molecule has 1 unspecified atom stereocenters. The van der Waals surface area contributed by atoms with Crippen molar-refractivity contribution in [1.29, 1.82) is 0 Å². The van der Waals surface area contributed by atoms with Crippen LogP contribution in [0, 0.1) is 15.9 Å². The highest BCUT2D eigenvalue weighted by Gasteiger charge is 2.19. The molecule has 1 aromatic rings. The van der Waals surface area contributed by atoms with Crippen molar-refractivity contribution < 1.29 is 9.31 Å². The van der Waals surface area contributed by atoms with E-state index in [9.17, 15) is 14.5 Å². The van der Waals surface area contributed by atoms with Crippen LogP contribution in [0.15, 0.2) is 18.2 Å². The molecule has 0 saturated carbocycles. The van der Waals surface area contributed by atoms with Crippen molar-refractivity contribution in [3.05, 3.63) is 39.7 Å². The Bertz CT molecular complexity index is 405. The fourth-order valence-corrected chi connectivity index (χ4v) is 1.40. The van der Waals surface area contributed by atoms with Crippen LogP contribution in [0.4, 0.5) is 10.1 Å². The van der Waals surface area contributed by atoms with E-state index in [4.69, 9.17) is 5.73 Å². The number of nitrogens with zero attached hydrogens (tertiary/aromatic N) is 1. The van der Waals surface area contributed by atoms with Crippen molar-refractivity contribution in [1.82, 2.24) is 0 Å². The predicted octanol–water partition coefficient (Wildman–Crippen LogP) is 2.40. The first kappa shape index (κ1) is 12.6. The molecule has 0 bridgehead atoms. The van der Waals surface area contributed by atoms with E-state index < -0.39 is 22.0 Å². The average Bonchev–Trinajstić information content (AvgIpc) is 2.16. The van der Waals surface area contributed by atoms with Gasteiger partial charge in [-0.05, 0) is 31.4 Å². The SMILES string of the molecule is CCC(C)(N)Cc1ccc([N+](=O)[O-])c(F)c1. The average molecular weight is 226 g/mol. The number of hydrogen-bond acceptors (Lipinski definition) is 3. The molecule has 0 aliphatic rings. The second-order valence-corrected chi connectivity index (χ2v) is 4.23. The van der Waals surface area contributed by atoms with Gasteiger partial charge in [0.1, 0.15) is 0 Å². The van der Waals surface area contributed by atoms with Crippen molar-refractivity contribution in [3.8, 4) is 0 Å². The summed E-state index contributed by atoms with van der Waals surface area (Å²) in [5.74, 6) is -0.811. The van der Waals surface area contributed by atoms with E-state index in [1.165, 1.54) is 12.1 Å². The van der Waals surface area contributed by atoms with Gasteiger partial charge in [0, 0.05) is 11.6 Å². The van der Waals surface area contributed by atoms with Gasteiger partial charge in [-0.3, -0.25) is 10.1 Å². The molecule has 1 aromatic carbocycles.